The molecule has 7 nitrogen and oxygen atoms in total. The van der Waals surface area contributed by atoms with Crippen LogP contribution in [0.2, 0.25) is 0 Å². The number of nitrogens with one attached hydrogen (secondary N) is 1. The number of anilines is 2. The van der Waals surface area contributed by atoms with Gasteiger partial charge >= 0.3 is 6.09 Å². The number of cyclic esters (lactones) is 1. The van der Waals surface area contributed by atoms with Crippen molar-refractivity contribution in [3.63, 3.8) is 0 Å². The number of carbonyl (C=O) groups is 2. The summed E-state index contributed by atoms with van der Waals surface area (Å²) in [6.45, 7) is 3.75. The van der Waals surface area contributed by atoms with E-state index >= 15 is 0 Å². The van der Waals surface area contributed by atoms with Gasteiger partial charge in [-0.25, -0.2) is 4.79 Å². The third-order valence-electron chi connectivity index (χ3n) is 4.16. The lowest BCUT2D eigenvalue weighted by atomic mass is 10.2. The van der Waals surface area contributed by atoms with Gasteiger partial charge in [0.2, 0.25) is 5.91 Å². The molecule has 1 aromatic rings. The van der Waals surface area contributed by atoms with Crippen molar-refractivity contribution < 1.29 is 18.5 Å². The number of nitrogens with zero attached hydrogens (tertiary/aromatic N) is 2. The van der Waals surface area contributed by atoms with E-state index in [1.807, 2.05) is 24.3 Å². The molecule has 130 valence electrons. The summed E-state index contributed by atoms with van der Waals surface area (Å²) in [5, 5.41) is 2.66. The molecule has 2 aliphatic rings. The highest BCUT2D eigenvalue weighted by molar-refractivity contribution is 7.85. The largest absolute Gasteiger partial charge is 0.442 e. The fraction of sp³-hybridized carbons (Fsp3) is 0.500. The van der Waals surface area contributed by atoms with E-state index in [0.717, 1.165) is 24.5 Å². The molecule has 2 saturated heterocycles. The van der Waals surface area contributed by atoms with Crippen LogP contribution in [-0.2, 0) is 20.3 Å². The topological polar surface area (TPSA) is 79.0 Å². The molecule has 2 fully saturated rings. The van der Waals surface area contributed by atoms with Crippen LogP contribution in [0.1, 0.15) is 6.92 Å². The summed E-state index contributed by atoms with van der Waals surface area (Å²) < 4.78 is 16.7. The molecule has 0 aliphatic carbocycles. The van der Waals surface area contributed by atoms with Crippen molar-refractivity contribution in [2.75, 3.05) is 47.5 Å². The van der Waals surface area contributed by atoms with E-state index in [-0.39, 0.29) is 12.0 Å². The Morgan fingerprint density at radius 1 is 1.25 bits per heavy atom. The number of hydrogen-bond donors (Lipinski definition) is 1. The lowest BCUT2D eigenvalue weighted by Gasteiger charge is -2.28. The maximum Gasteiger partial charge on any atom is 0.414 e. The van der Waals surface area contributed by atoms with Crippen molar-refractivity contribution in [2.45, 2.75) is 13.0 Å². The standard InChI is InChI=1S/C16H21N3O4S/c1-12(20)17-10-15-11-19(16(21)23-15)14-4-2-13(3-5-14)18-6-8-24(22)9-7-18/h2-5,15H,6-11H2,1H3,(H,17,20). The summed E-state index contributed by atoms with van der Waals surface area (Å²) in [5.41, 5.74) is 1.84. The molecule has 1 N–H and O–H groups in total. The monoisotopic (exact) mass is 351 g/mol. The van der Waals surface area contributed by atoms with E-state index in [1.54, 1.807) is 4.90 Å². The van der Waals surface area contributed by atoms with Gasteiger partial charge in [-0.3, -0.25) is 13.9 Å². The average molecular weight is 351 g/mol. The van der Waals surface area contributed by atoms with Crippen LogP contribution in [0.15, 0.2) is 24.3 Å². The van der Waals surface area contributed by atoms with Crippen molar-refractivity contribution in [3.05, 3.63) is 24.3 Å². The Balaban J connectivity index is 1.62. The number of amides is 2. The summed E-state index contributed by atoms with van der Waals surface area (Å²) in [7, 11) is -0.696. The Morgan fingerprint density at radius 2 is 1.88 bits per heavy atom. The van der Waals surface area contributed by atoms with Gasteiger partial charge in [0.1, 0.15) is 6.10 Å². The molecule has 8 heteroatoms. The molecule has 0 bridgehead atoms. The minimum atomic E-state index is -0.696. The highest BCUT2D eigenvalue weighted by atomic mass is 32.2. The predicted molar refractivity (Wildman–Crippen MR) is 92.8 cm³/mol. The summed E-state index contributed by atoms with van der Waals surface area (Å²) >= 11 is 0. The molecule has 0 spiro atoms. The van der Waals surface area contributed by atoms with Gasteiger partial charge < -0.3 is 15.0 Å². The Labute approximate surface area is 143 Å². The molecule has 2 amide bonds. The van der Waals surface area contributed by atoms with Crippen molar-refractivity contribution in [2.24, 2.45) is 0 Å². The van der Waals surface area contributed by atoms with Crippen LogP contribution >= 0.6 is 0 Å². The molecular formula is C16H21N3O4S. The van der Waals surface area contributed by atoms with E-state index in [4.69, 9.17) is 4.74 Å². The number of ether oxygens (including phenoxy) is 1. The van der Waals surface area contributed by atoms with Crippen LogP contribution < -0.4 is 15.1 Å². The molecule has 1 unspecified atom stereocenters. The normalized spacial score (nSPS) is 21.7. The van der Waals surface area contributed by atoms with E-state index < -0.39 is 16.9 Å². The average Bonchev–Trinajstić information content (AvgIpc) is 2.95. The maximum absolute atomic E-state index is 12.0. The van der Waals surface area contributed by atoms with Crippen LogP contribution in [0.25, 0.3) is 0 Å². The molecule has 1 aromatic carbocycles. The van der Waals surface area contributed by atoms with Crippen LogP contribution in [0.4, 0.5) is 16.2 Å². The Hall–Kier alpha value is -2.09. The Bertz CT molecular complexity index is 639. The Morgan fingerprint density at radius 3 is 2.50 bits per heavy atom. The fourth-order valence-corrected chi connectivity index (χ4v) is 3.89. The zero-order valence-corrected chi connectivity index (χ0v) is 14.4. The van der Waals surface area contributed by atoms with Crippen LogP contribution in [0.3, 0.4) is 0 Å². The SMILES string of the molecule is CC(=O)NCC1CN(c2ccc(N3CCS(=O)CC3)cc2)C(=O)O1. The second kappa shape index (κ2) is 7.21. The highest BCUT2D eigenvalue weighted by Crippen LogP contribution is 2.25. The van der Waals surface area contributed by atoms with E-state index in [2.05, 4.69) is 10.2 Å². The molecule has 0 saturated carbocycles. The molecule has 3 rings (SSSR count). The predicted octanol–water partition coefficient (Wildman–Crippen LogP) is 0.717. The number of hydrogen-bond acceptors (Lipinski definition) is 5. The van der Waals surface area contributed by atoms with Crippen LogP contribution in [0.5, 0.6) is 0 Å². The van der Waals surface area contributed by atoms with Crippen LogP contribution in [0, 0.1) is 0 Å². The lowest BCUT2D eigenvalue weighted by Crippen LogP contribution is -2.37. The first kappa shape index (κ1) is 16.8. The zero-order chi connectivity index (χ0) is 17.1. The molecule has 0 aromatic heterocycles. The summed E-state index contributed by atoms with van der Waals surface area (Å²) in [4.78, 5) is 26.7. The van der Waals surface area contributed by atoms with Crippen molar-refractivity contribution in [3.8, 4) is 0 Å². The van der Waals surface area contributed by atoms with Gasteiger partial charge in [0.25, 0.3) is 0 Å². The van der Waals surface area contributed by atoms with Crippen molar-refractivity contribution in [1.82, 2.24) is 5.32 Å². The molecular weight excluding hydrogens is 330 g/mol. The summed E-state index contributed by atoms with van der Waals surface area (Å²) in [6, 6.07) is 7.72. The van der Waals surface area contributed by atoms with Crippen LogP contribution in [-0.4, -0.2) is 60.0 Å². The molecule has 2 heterocycles. The Kier molecular flexibility index (Phi) is 5.03. The summed E-state index contributed by atoms with van der Waals surface area (Å²) in [6.07, 6.45) is -0.732. The molecule has 1 atom stereocenters. The summed E-state index contributed by atoms with van der Waals surface area (Å²) in [5.74, 6) is 1.26. The first-order valence-corrected chi connectivity index (χ1v) is 9.44. The second-order valence-corrected chi connectivity index (χ2v) is 7.60. The molecule has 0 radical (unpaired) electrons. The third-order valence-corrected chi connectivity index (χ3v) is 5.43. The van der Waals surface area contributed by atoms with Gasteiger partial charge in [0, 0.05) is 53.7 Å². The van der Waals surface area contributed by atoms with E-state index in [0.29, 0.717) is 24.6 Å². The van der Waals surface area contributed by atoms with E-state index in [9.17, 15) is 13.8 Å². The first-order valence-electron chi connectivity index (χ1n) is 7.95. The smallest absolute Gasteiger partial charge is 0.414 e. The number of benzene rings is 1. The maximum atomic E-state index is 12.0. The molecule has 2 aliphatic heterocycles. The van der Waals surface area contributed by atoms with Gasteiger partial charge in [0.05, 0.1) is 13.1 Å². The highest BCUT2D eigenvalue weighted by Gasteiger charge is 2.32. The van der Waals surface area contributed by atoms with E-state index in [1.165, 1.54) is 6.92 Å². The van der Waals surface area contributed by atoms with Gasteiger partial charge in [-0.15, -0.1) is 0 Å². The third kappa shape index (κ3) is 3.87. The lowest BCUT2D eigenvalue weighted by molar-refractivity contribution is -0.119. The fourth-order valence-electron chi connectivity index (χ4n) is 2.84. The molecule has 24 heavy (non-hydrogen) atoms. The van der Waals surface area contributed by atoms with Gasteiger partial charge in [-0.2, -0.15) is 0 Å². The van der Waals surface area contributed by atoms with Gasteiger partial charge in [-0.05, 0) is 24.3 Å². The second-order valence-electron chi connectivity index (χ2n) is 5.90. The minimum absolute atomic E-state index is 0.142. The van der Waals surface area contributed by atoms with Gasteiger partial charge in [0.15, 0.2) is 0 Å². The quantitative estimate of drug-likeness (QED) is 0.865. The number of carbonyl (C=O) groups excluding carboxylic acids is 2. The van der Waals surface area contributed by atoms with Gasteiger partial charge in [-0.1, -0.05) is 0 Å². The minimum Gasteiger partial charge on any atom is -0.442 e. The number of rotatable bonds is 4. The zero-order valence-electron chi connectivity index (χ0n) is 13.6. The first-order chi connectivity index (χ1) is 11.5. The van der Waals surface area contributed by atoms with Crippen molar-refractivity contribution >= 4 is 34.2 Å². The van der Waals surface area contributed by atoms with Crippen molar-refractivity contribution in [1.29, 1.82) is 0 Å².